The molecule has 0 nitrogen and oxygen atoms in total. The van der Waals surface area contributed by atoms with Crippen molar-refractivity contribution in [1.82, 2.24) is 0 Å². The quantitative estimate of drug-likeness (QED) is 0.539. The molecule has 0 N–H and O–H groups in total. The van der Waals surface area contributed by atoms with E-state index in [4.69, 9.17) is 0 Å². The molecule has 0 heterocycles. The predicted octanol–water partition coefficient (Wildman–Crippen LogP) is 5.45. The van der Waals surface area contributed by atoms with E-state index in [1.807, 2.05) is 20.8 Å². The van der Waals surface area contributed by atoms with Crippen LogP contribution in [-0.4, -0.2) is 0 Å². The van der Waals surface area contributed by atoms with Gasteiger partial charge in [0.1, 0.15) is 0 Å². The van der Waals surface area contributed by atoms with Gasteiger partial charge < -0.3 is 0 Å². The van der Waals surface area contributed by atoms with Crippen LogP contribution in [0, 0.1) is 0 Å². The zero-order chi connectivity index (χ0) is 12.4. The van der Waals surface area contributed by atoms with Gasteiger partial charge in [-0.2, -0.15) is 0 Å². The Morgan fingerprint density at radius 1 is 0.867 bits per heavy atom. The minimum absolute atomic E-state index is 1.09. The Kier molecular flexibility index (Phi) is 10.4. The minimum Gasteiger partial charge on any atom is -0.0961 e. The molecular weight excluding hydrogens is 180 g/mol. The second-order valence-corrected chi connectivity index (χ2v) is 3.35. The van der Waals surface area contributed by atoms with E-state index in [2.05, 4.69) is 52.5 Å². The first-order valence-corrected chi connectivity index (χ1v) is 5.66. The Morgan fingerprint density at radius 3 is 1.40 bits per heavy atom. The second kappa shape index (κ2) is 9.51. The van der Waals surface area contributed by atoms with Crippen LogP contribution >= 0.6 is 0 Å². The minimum atomic E-state index is 1.09. The molecule has 0 radical (unpaired) electrons. The van der Waals surface area contributed by atoms with Crippen molar-refractivity contribution in [2.45, 2.75) is 48.5 Å². The standard InChI is InChI=1S/C13H20.C2H6/c1-7-11(5)13(9-10(3)4)12(6)8-2;1-2/h7-9H,3H2,1-2,4-6H3;1-2H3/b11-7-,12-8+,13-9?;. The molecule has 0 aromatic heterocycles. The normalized spacial score (nSPS) is 13.1. The number of hydrogen-bond acceptors (Lipinski definition) is 0. The highest BCUT2D eigenvalue weighted by molar-refractivity contribution is 5.47. The van der Waals surface area contributed by atoms with Crippen LogP contribution in [-0.2, 0) is 0 Å². The Labute approximate surface area is 96.1 Å². The summed E-state index contributed by atoms with van der Waals surface area (Å²) < 4.78 is 0. The molecule has 0 amide bonds. The zero-order valence-corrected chi connectivity index (χ0v) is 11.4. The molecule has 0 heteroatoms. The number of rotatable bonds is 3. The van der Waals surface area contributed by atoms with E-state index in [1.165, 1.54) is 16.7 Å². The second-order valence-electron chi connectivity index (χ2n) is 3.35. The fraction of sp³-hybridized carbons (Fsp3) is 0.467. The summed E-state index contributed by atoms with van der Waals surface area (Å²) in [6.07, 6.45) is 6.38. The van der Waals surface area contributed by atoms with Gasteiger partial charge in [0.15, 0.2) is 0 Å². The van der Waals surface area contributed by atoms with Gasteiger partial charge >= 0.3 is 0 Å². The molecule has 0 saturated carbocycles. The lowest BCUT2D eigenvalue weighted by Gasteiger charge is -2.08. The molecule has 0 rings (SSSR count). The summed E-state index contributed by atoms with van der Waals surface area (Å²) in [6.45, 7) is 18.3. The van der Waals surface area contributed by atoms with E-state index in [1.54, 1.807) is 0 Å². The smallest absolute Gasteiger partial charge is 0.0202 e. The van der Waals surface area contributed by atoms with Crippen molar-refractivity contribution in [3.8, 4) is 0 Å². The number of allylic oxidation sites excluding steroid dienone is 7. The van der Waals surface area contributed by atoms with Crippen LogP contribution in [0.5, 0.6) is 0 Å². The maximum atomic E-state index is 3.90. The number of hydrogen-bond donors (Lipinski definition) is 0. The molecule has 0 aromatic carbocycles. The van der Waals surface area contributed by atoms with E-state index >= 15 is 0 Å². The van der Waals surface area contributed by atoms with Crippen molar-refractivity contribution in [2.75, 3.05) is 0 Å². The Balaban J connectivity index is 0. The third-order valence-corrected chi connectivity index (χ3v) is 2.11. The SMILES string of the molecule is C=C(C)C=C(/C(C)=C\C)/C(C)=C/C.CC. The summed E-state index contributed by atoms with van der Waals surface area (Å²) in [5.74, 6) is 0. The van der Waals surface area contributed by atoms with E-state index in [0.29, 0.717) is 0 Å². The van der Waals surface area contributed by atoms with Crippen LogP contribution in [0.3, 0.4) is 0 Å². The van der Waals surface area contributed by atoms with Crippen LogP contribution in [0.15, 0.2) is 47.1 Å². The third-order valence-electron chi connectivity index (χ3n) is 2.11. The van der Waals surface area contributed by atoms with Crippen molar-refractivity contribution in [3.63, 3.8) is 0 Å². The topological polar surface area (TPSA) is 0 Å². The maximum Gasteiger partial charge on any atom is -0.0202 e. The first-order chi connectivity index (χ1) is 7.02. The van der Waals surface area contributed by atoms with E-state index in [9.17, 15) is 0 Å². The largest absolute Gasteiger partial charge is 0.0961 e. The molecule has 0 bridgehead atoms. The summed E-state index contributed by atoms with van der Waals surface area (Å²) in [6, 6.07) is 0. The highest BCUT2D eigenvalue weighted by Crippen LogP contribution is 2.20. The summed E-state index contributed by atoms with van der Waals surface area (Å²) in [4.78, 5) is 0. The summed E-state index contributed by atoms with van der Waals surface area (Å²) >= 11 is 0. The van der Waals surface area contributed by atoms with E-state index in [-0.39, 0.29) is 0 Å². The van der Waals surface area contributed by atoms with Crippen molar-refractivity contribution in [2.24, 2.45) is 0 Å². The van der Waals surface area contributed by atoms with Gasteiger partial charge in [-0.15, -0.1) is 0 Å². The van der Waals surface area contributed by atoms with Crippen LogP contribution in [0.25, 0.3) is 0 Å². The summed E-state index contributed by atoms with van der Waals surface area (Å²) in [5, 5.41) is 0. The van der Waals surface area contributed by atoms with Gasteiger partial charge in [-0.3, -0.25) is 0 Å². The Morgan fingerprint density at radius 2 is 1.20 bits per heavy atom. The van der Waals surface area contributed by atoms with E-state index in [0.717, 1.165) is 5.57 Å². The van der Waals surface area contributed by atoms with Gasteiger partial charge in [0.25, 0.3) is 0 Å². The van der Waals surface area contributed by atoms with Crippen molar-refractivity contribution < 1.29 is 0 Å². The monoisotopic (exact) mass is 206 g/mol. The lowest BCUT2D eigenvalue weighted by molar-refractivity contribution is 1.28. The zero-order valence-electron chi connectivity index (χ0n) is 11.4. The molecule has 0 saturated heterocycles. The highest BCUT2D eigenvalue weighted by atomic mass is 14.1. The molecule has 0 aliphatic rings. The van der Waals surface area contributed by atoms with Gasteiger partial charge in [0.05, 0.1) is 0 Å². The van der Waals surface area contributed by atoms with Gasteiger partial charge in [0.2, 0.25) is 0 Å². The summed E-state index contributed by atoms with van der Waals surface area (Å²) in [5.41, 5.74) is 4.99. The molecule has 86 valence electrons. The first-order valence-electron chi connectivity index (χ1n) is 5.66. The molecular formula is C15H26. The average Bonchev–Trinajstić information content (AvgIpc) is 2.26. The fourth-order valence-corrected chi connectivity index (χ4v) is 1.10. The van der Waals surface area contributed by atoms with Gasteiger partial charge in [0, 0.05) is 0 Å². The van der Waals surface area contributed by atoms with Crippen molar-refractivity contribution in [3.05, 3.63) is 47.1 Å². The van der Waals surface area contributed by atoms with Crippen molar-refractivity contribution in [1.29, 1.82) is 0 Å². The maximum absolute atomic E-state index is 3.90. The average molecular weight is 206 g/mol. The van der Waals surface area contributed by atoms with Gasteiger partial charge in [-0.25, -0.2) is 0 Å². The molecule has 0 aromatic rings. The van der Waals surface area contributed by atoms with Crippen molar-refractivity contribution >= 4 is 0 Å². The van der Waals surface area contributed by atoms with Crippen LogP contribution in [0.1, 0.15) is 48.5 Å². The Hall–Kier alpha value is -1.04. The fourth-order valence-electron chi connectivity index (χ4n) is 1.10. The molecule has 0 unspecified atom stereocenters. The van der Waals surface area contributed by atoms with Crippen LogP contribution in [0.4, 0.5) is 0 Å². The van der Waals surface area contributed by atoms with E-state index < -0.39 is 0 Å². The summed E-state index contributed by atoms with van der Waals surface area (Å²) in [7, 11) is 0. The highest BCUT2D eigenvalue weighted by Gasteiger charge is 2.00. The lowest BCUT2D eigenvalue weighted by Crippen LogP contribution is -1.88. The third kappa shape index (κ3) is 6.96. The predicted molar refractivity (Wildman–Crippen MR) is 73.1 cm³/mol. The molecule has 0 aliphatic heterocycles. The Bertz CT molecular complexity index is 252. The first kappa shape index (κ1) is 16.4. The van der Waals surface area contributed by atoms with Crippen LogP contribution in [0.2, 0.25) is 0 Å². The molecule has 0 spiro atoms. The molecule has 0 fully saturated rings. The van der Waals surface area contributed by atoms with Gasteiger partial charge in [-0.05, 0) is 51.3 Å². The van der Waals surface area contributed by atoms with Crippen LogP contribution < -0.4 is 0 Å². The van der Waals surface area contributed by atoms with Gasteiger partial charge in [-0.1, -0.05) is 44.2 Å². The molecule has 0 aliphatic carbocycles. The molecule has 0 atom stereocenters. The lowest BCUT2D eigenvalue weighted by atomic mass is 9.98. The molecule has 15 heavy (non-hydrogen) atoms.